The van der Waals surface area contributed by atoms with Gasteiger partial charge in [-0.05, 0) is 108 Å². The van der Waals surface area contributed by atoms with Gasteiger partial charge >= 0.3 is 0 Å². The van der Waals surface area contributed by atoms with E-state index in [1.54, 1.807) is 0 Å². The molecule has 0 aliphatic carbocycles. The molecule has 0 amide bonds. The first-order valence-corrected chi connectivity index (χ1v) is 15.7. The summed E-state index contributed by atoms with van der Waals surface area (Å²) in [5, 5.41) is 0. The van der Waals surface area contributed by atoms with Crippen molar-refractivity contribution in [3.63, 3.8) is 0 Å². The Bertz CT molecular complexity index is 1260. The monoisotopic (exact) mass is 546 g/mol. The molecule has 2 unspecified atom stereocenters. The van der Waals surface area contributed by atoms with Crippen LogP contribution < -0.4 is 11.5 Å². The van der Waals surface area contributed by atoms with E-state index in [1.165, 1.54) is 102 Å². The van der Waals surface area contributed by atoms with Crippen molar-refractivity contribution in [2.45, 2.75) is 97.3 Å². The maximum Gasteiger partial charge on any atom is 0.0316 e. The van der Waals surface area contributed by atoms with Crippen LogP contribution in [0.4, 0.5) is 11.4 Å². The van der Waals surface area contributed by atoms with Crippen LogP contribution in [0.5, 0.6) is 0 Å². The van der Waals surface area contributed by atoms with Crippen LogP contribution in [-0.4, -0.2) is 0 Å². The number of aryl methyl sites for hydroxylation is 4. The summed E-state index contributed by atoms with van der Waals surface area (Å²) in [7, 11) is 0. The van der Waals surface area contributed by atoms with Gasteiger partial charge in [0.1, 0.15) is 0 Å². The highest BCUT2D eigenvalue weighted by atomic mass is 14.5. The van der Waals surface area contributed by atoms with E-state index in [-0.39, 0.29) is 0 Å². The molecule has 4 rings (SSSR count). The van der Waals surface area contributed by atoms with Crippen LogP contribution in [0.1, 0.15) is 115 Å². The molecule has 4 aromatic rings. The summed E-state index contributed by atoms with van der Waals surface area (Å²) in [5.41, 5.74) is 24.5. The molecular formula is C39H50N2. The summed E-state index contributed by atoms with van der Waals surface area (Å²) in [6, 6.07) is 31.1. The van der Waals surface area contributed by atoms with Crippen molar-refractivity contribution in [2.24, 2.45) is 0 Å². The van der Waals surface area contributed by atoms with Gasteiger partial charge < -0.3 is 11.5 Å². The van der Waals surface area contributed by atoms with Crippen LogP contribution >= 0.6 is 0 Å². The van der Waals surface area contributed by atoms with Crippen molar-refractivity contribution in [3.8, 4) is 0 Å². The second-order valence-electron chi connectivity index (χ2n) is 12.1. The van der Waals surface area contributed by atoms with Crippen molar-refractivity contribution in [3.05, 3.63) is 129 Å². The van der Waals surface area contributed by atoms with Gasteiger partial charge in [-0.1, -0.05) is 107 Å². The first-order valence-electron chi connectivity index (χ1n) is 15.7. The minimum atomic E-state index is 0.386. The van der Waals surface area contributed by atoms with Crippen molar-refractivity contribution in [1.82, 2.24) is 0 Å². The zero-order valence-electron chi connectivity index (χ0n) is 25.8. The van der Waals surface area contributed by atoms with E-state index in [2.05, 4.69) is 100 Å². The number of hydrogen-bond donors (Lipinski definition) is 2. The second-order valence-corrected chi connectivity index (χ2v) is 12.1. The topological polar surface area (TPSA) is 52.0 Å². The molecule has 2 atom stereocenters. The van der Waals surface area contributed by atoms with Crippen molar-refractivity contribution in [1.29, 1.82) is 0 Å². The van der Waals surface area contributed by atoms with E-state index in [0.29, 0.717) is 11.8 Å². The summed E-state index contributed by atoms with van der Waals surface area (Å²) in [4.78, 5) is 0. The molecule has 0 saturated heterocycles. The summed E-state index contributed by atoms with van der Waals surface area (Å²) in [5.74, 6) is 0.773. The Labute approximate surface area is 249 Å². The average Bonchev–Trinajstić information content (AvgIpc) is 2.96. The summed E-state index contributed by atoms with van der Waals surface area (Å²) < 4.78 is 0. The first kappa shape index (κ1) is 30.4. The van der Waals surface area contributed by atoms with Crippen LogP contribution in [0.25, 0.3) is 0 Å². The Morgan fingerprint density at radius 1 is 0.463 bits per heavy atom. The molecule has 0 spiro atoms. The third-order valence-electron chi connectivity index (χ3n) is 8.91. The molecule has 2 heteroatoms. The molecule has 0 aliphatic heterocycles. The molecule has 4 aromatic carbocycles. The fourth-order valence-corrected chi connectivity index (χ4v) is 6.22. The van der Waals surface area contributed by atoms with E-state index in [4.69, 9.17) is 11.5 Å². The summed E-state index contributed by atoms with van der Waals surface area (Å²) in [6.45, 7) is 8.88. The number of unbranched alkanes of at least 4 members (excludes halogenated alkanes) is 6. The third-order valence-corrected chi connectivity index (χ3v) is 8.91. The van der Waals surface area contributed by atoms with Gasteiger partial charge in [-0.25, -0.2) is 0 Å². The predicted octanol–water partition coefficient (Wildman–Crippen LogP) is 10.3. The number of benzene rings is 4. The zero-order chi connectivity index (χ0) is 29.2. The lowest BCUT2D eigenvalue weighted by atomic mass is 9.89. The van der Waals surface area contributed by atoms with Crippen LogP contribution in [0.3, 0.4) is 0 Å². The van der Waals surface area contributed by atoms with E-state index >= 15 is 0 Å². The standard InChI is InChI=1S/C39H50N2/c1-28-26-36(40)22-24-38(28)30(3)34-18-14-32(15-19-34)12-10-8-6-5-7-9-11-13-33-16-20-35(21-17-33)31(4)39-25-23-37(41)27-29(39)2/h14-27,30-31H,5-13,40-41H2,1-4H3. The lowest BCUT2D eigenvalue weighted by Gasteiger charge is -2.16. The second kappa shape index (κ2) is 14.9. The highest BCUT2D eigenvalue weighted by Crippen LogP contribution is 2.29. The largest absolute Gasteiger partial charge is 0.399 e. The Balaban J connectivity index is 1.08. The lowest BCUT2D eigenvalue weighted by molar-refractivity contribution is 0.579. The van der Waals surface area contributed by atoms with Crippen molar-refractivity contribution >= 4 is 11.4 Å². The van der Waals surface area contributed by atoms with Crippen molar-refractivity contribution < 1.29 is 0 Å². The molecule has 0 fully saturated rings. The van der Waals surface area contributed by atoms with Crippen LogP contribution in [0, 0.1) is 13.8 Å². The normalized spacial score (nSPS) is 12.8. The molecule has 0 aliphatic rings. The smallest absolute Gasteiger partial charge is 0.0316 e. The van der Waals surface area contributed by atoms with Gasteiger partial charge in [0, 0.05) is 23.2 Å². The fourth-order valence-electron chi connectivity index (χ4n) is 6.22. The number of nitrogen functional groups attached to an aromatic ring is 2. The molecular weight excluding hydrogens is 496 g/mol. The van der Waals surface area contributed by atoms with Crippen molar-refractivity contribution in [2.75, 3.05) is 11.5 Å². The molecule has 2 nitrogen and oxygen atoms in total. The summed E-state index contributed by atoms with van der Waals surface area (Å²) >= 11 is 0. The fraction of sp³-hybridized carbons (Fsp3) is 0.385. The number of anilines is 2. The van der Waals surface area contributed by atoms with Gasteiger partial charge in [-0.2, -0.15) is 0 Å². The Kier molecular flexibility index (Phi) is 11.1. The molecule has 0 radical (unpaired) electrons. The maximum atomic E-state index is 5.94. The zero-order valence-corrected chi connectivity index (χ0v) is 25.8. The van der Waals surface area contributed by atoms with E-state index in [9.17, 15) is 0 Å². The van der Waals surface area contributed by atoms with Gasteiger partial charge in [0.05, 0.1) is 0 Å². The van der Waals surface area contributed by atoms with Crippen LogP contribution in [0.15, 0.2) is 84.9 Å². The Morgan fingerprint density at radius 2 is 0.805 bits per heavy atom. The Hall–Kier alpha value is -3.52. The minimum absolute atomic E-state index is 0.386. The van der Waals surface area contributed by atoms with E-state index < -0.39 is 0 Å². The highest BCUT2D eigenvalue weighted by Gasteiger charge is 2.12. The molecule has 216 valence electrons. The average molecular weight is 547 g/mol. The molecule has 0 bridgehead atoms. The SMILES string of the molecule is Cc1cc(N)ccc1C(C)c1ccc(CCCCCCCCCc2ccc(C(C)c3ccc(N)cc3C)cc2)cc1. The van der Waals surface area contributed by atoms with Crippen LogP contribution in [0.2, 0.25) is 0 Å². The molecule has 41 heavy (non-hydrogen) atoms. The highest BCUT2D eigenvalue weighted by molar-refractivity contribution is 5.48. The number of nitrogens with two attached hydrogens (primary N) is 2. The third kappa shape index (κ3) is 8.73. The quantitative estimate of drug-likeness (QED) is 0.122. The number of rotatable bonds is 14. The molecule has 4 N–H and O–H groups in total. The van der Waals surface area contributed by atoms with Gasteiger partial charge in [0.25, 0.3) is 0 Å². The summed E-state index contributed by atoms with van der Waals surface area (Å²) in [6.07, 6.45) is 11.6. The molecule has 0 saturated carbocycles. The number of hydrogen-bond acceptors (Lipinski definition) is 2. The Morgan fingerprint density at radius 3 is 1.15 bits per heavy atom. The van der Waals surface area contributed by atoms with E-state index in [0.717, 1.165) is 11.4 Å². The molecule has 0 aromatic heterocycles. The minimum Gasteiger partial charge on any atom is -0.399 e. The lowest BCUT2D eigenvalue weighted by Crippen LogP contribution is -2.00. The van der Waals surface area contributed by atoms with Gasteiger partial charge in [-0.15, -0.1) is 0 Å². The van der Waals surface area contributed by atoms with Gasteiger partial charge in [0.2, 0.25) is 0 Å². The maximum absolute atomic E-state index is 5.94. The first-order chi connectivity index (χ1) is 19.8. The van der Waals surface area contributed by atoms with E-state index in [1.807, 2.05) is 12.1 Å². The van der Waals surface area contributed by atoms with Gasteiger partial charge in [-0.3, -0.25) is 0 Å². The predicted molar refractivity (Wildman–Crippen MR) is 179 cm³/mol. The molecule has 0 heterocycles. The van der Waals surface area contributed by atoms with Gasteiger partial charge in [0.15, 0.2) is 0 Å². The van der Waals surface area contributed by atoms with Crippen LogP contribution in [-0.2, 0) is 12.8 Å².